The summed E-state index contributed by atoms with van der Waals surface area (Å²) in [7, 11) is 1.69. The Morgan fingerprint density at radius 3 is 2.27 bits per heavy atom. The van der Waals surface area contributed by atoms with Crippen molar-refractivity contribution in [3.8, 4) is 33.1 Å². The number of nitrogens with zero attached hydrogens (tertiary/aromatic N) is 3. The minimum absolute atomic E-state index is 0.436. The second-order valence-electron chi connectivity index (χ2n) is 7.48. The molecule has 0 spiro atoms. The van der Waals surface area contributed by atoms with Gasteiger partial charge in [-0.2, -0.15) is 0 Å². The first-order valence-corrected chi connectivity index (χ1v) is 11.5. The zero-order chi connectivity index (χ0) is 22.6. The van der Waals surface area contributed by atoms with Crippen molar-refractivity contribution in [2.24, 2.45) is 0 Å². The van der Waals surface area contributed by atoms with E-state index in [2.05, 4.69) is 58.8 Å². The number of nitrogens with two attached hydrogens (primary N) is 1. The summed E-state index contributed by atoms with van der Waals surface area (Å²) in [4.78, 5) is 16.3. The number of aromatic nitrogens is 3. The molecule has 3 heterocycles. The summed E-state index contributed by atoms with van der Waals surface area (Å²) in [5, 5.41) is 4.45. The van der Waals surface area contributed by atoms with Gasteiger partial charge in [-0.05, 0) is 23.3 Å². The number of thiophene rings is 1. The van der Waals surface area contributed by atoms with Crippen molar-refractivity contribution in [1.29, 1.82) is 0 Å². The van der Waals surface area contributed by atoms with Gasteiger partial charge < -0.3 is 15.8 Å². The van der Waals surface area contributed by atoms with E-state index < -0.39 is 0 Å². The number of ether oxygens (including phenoxy) is 1. The Morgan fingerprint density at radius 1 is 0.848 bits per heavy atom. The third-order valence-corrected chi connectivity index (χ3v) is 6.38. The molecular formula is C26H23N5OS. The lowest BCUT2D eigenvalue weighted by Crippen LogP contribution is -2.10. The van der Waals surface area contributed by atoms with E-state index in [1.807, 2.05) is 24.3 Å². The maximum absolute atomic E-state index is 5.93. The molecule has 3 N–H and O–H groups in total. The molecule has 0 bridgehead atoms. The van der Waals surface area contributed by atoms with Crippen LogP contribution in [0.15, 0.2) is 78.9 Å². The van der Waals surface area contributed by atoms with Gasteiger partial charge >= 0.3 is 0 Å². The van der Waals surface area contributed by atoms with E-state index in [-0.39, 0.29) is 0 Å². The lowest BCUT2D eigenvalue weighted by atomic mass is 9.99. The van der Waals surface area contributed by atoms with Gasteiger partial charge in [-0.1, -0.05) is 66.7 Å². The molecule has 2 aromatic carbocycles. The topological polar surface area (TPSA) is 86.0 Å². The fourth-order valence-electron chi connectivity index (χ4n) is 3.76. The highest BCUT2D eigenvalue weighted by Crippen LogP contribution is 2.46. The minimum Gasteiger partial charge on any atom is -0.384 e. The highest BCUT2D eigenvalue weighted by Gasteiger charge is 2.22. The quantitative estimate of drug-likeness (QED) is 0.306. The number of benzene rings is 2. The summed E-state index contributed by atoms with van der Waals surface area (Å²) < 4.78 is 5.26. The lowest BCUT2D eigenvalue weighted by molar-refractivity contribution is 0.210. The molecule has 3 aromatic heterocycles. The van der Waals surface area contributed by atoms with Gasteiger partial charge in [0, 0.05) is 24.1 Å². The molecule has 0 aliphatic heterocycles. The molecule has 0 unspecified atom stereocenters. The number of nitrogens with one attached hydrogen (secondary N) is 1. The van der Waals surface area contributed by atoms with Crippen LogP contribution in [0, 0.1) is 0 Å². The van der Waals surface area contributed by atoms with Crippen LogP contribution in [0.2, 0.25) is 0 Å². The number of fused-ring (bicyclic) bond motifs is 1. The predicted octanol–water partition coefficient (Wildman–Crippen LogP) is 5.73. The largest absolute Gasteiger partial charge is 0.384 e. The monoisotopic (exact) mass is 453 g/mol. The van der Waals surface area contributed by atoms with Gasteiger partial charge in [-0.15, -0.1) is 11.3 Å². The smallest absolute Gasteiger partial charge is 0.181 e. The number of anilines is 2. The highest BCUT2D eigenvalue weighted by atomic mass is 32.1. The van der Waals surface area contributed by atoms with E-state index in [0.29, 0.717) is 30.5 Å². The van der Waals surface area contributed by atoms with E-state index >= 15 is 0 Å². The van der Waals surface area contributed by atoms with Crippen LogP contribution < -0.4 is 11.1 Å². The van der Waals surface area contributed by atoms with Crippen molar-refractivity contribution in [3.05, 3.63) is 78.9 Å². The van der Waals surface area contributed by atoms with Crippen LogP contribution >= 0.6 is 11.3 Å². The average Bonchev–Trinajstić information content (AvgIpc) is 3.25. The fourth-order valence-corrected chi connectivity index (χ4v) is 4.97. The molecular weight excluding hydrogens is 430 g/mol. The van der Waals surface area contributed by atoms with Gasteiger partial charge in [0.1, 0.15) is 22.2 Å². The van der Waals surface area contributed by atoms with Crippen LogP contribution in [0.25, 0.3) is 43.3 Å². The van der Waals surface area contributed by atoms with Crippen LogP contribution in [0.5, 0.6) is 0 Å². The molecule has 5 rings (SSSR count). The predicted molar refractivity (Wildman–Crippen MR) is 136 cm³/mol. The van der Waals surface area contributed by atoms with Crippen LogP contribution in [-0.4, -0.2) is 35.2 Å². The third-order valence-electron chi connectivity index (χ3n) is 5.25. The minimum atomic E-state index is 0.436. The second kappa shape index (κ2) is 9.36. The third kappa shape index (κ3) is 4.28. The second-order valence-corrected chi connectivity index (χ2v) is 8.48. The Hall–Kier alpha value is -3.81. The summed E-state index contributed by atoms with van der Waals surface area (Å²) in [6.45, 7) is 1.19. The number of nitrogen functional groups attached to an aromatic ring is 1. The van der Waals surface area contributed by atoms with Crippen molar-refractivity contribution >= 4 is 33.2 Å². The molecule has 33 heavy (non-hydrogen) atoms. The molecule has 0 amide bonds. The van der Waals surface area contributed by atoms with Gasteiger partial charge in [0.2, 0.25) is 0 Å². The molecule has 0 radical (unpaired) electrons. The molecule has 0 aliphatic carbocycles. The molecule has 0 saturated carbocycles. The van der Waals surface area contributed by atoms with Gasteiger partial charge in [0.05, 0.1) is 12.0 Å². The molecule has 7 heteroatoms. The maximum atomic E-state index is 5.93. The number of pyridine rings is 1. The summed E-state index contributed by atoms with van der Waals surface area (Å²) >= 11 is 1.66. The van der Waals surface area contributed by atoms with Crippen LogP contribution in [0.1, 0.15) is 0 Å². The zero-order valence-corrected chi connectivity index (χ0v) is 19.0. The SMILES string of the molecule is COCCNc1nc(-c2cccc(N)n2)nc2sc(-c3ccccc3)c(-c3ccccc3)c12. The van der Waals surface area contributed by atoms with Crippen LogP contribution in [0.4, 0.5) is 11.6 Å². The van der Waals surface area contributed by atoms with Crippen LogP contribution in [-0.2, 0) is 4.74 Å². The Labute approximate surface area is 196 Å². The Balaban J connectivity index is 1.80. The van der Waals surface area contributed by atoms with Gasteiger partial charge in [-0.3, -0.25) is 0 Å². The number of methoxy groups -OCH3 is 1. The van der Waals surface area contributed by atoms with Crippen LogP contribution in [0.3, 0.4) is 0 Å². The van der Waals surface area contributed by atoms with E-state index in [0.717, 1.165) is 37.6 Å². The molecule has 0 saturated heterocycles. The van der Waals surface area contributed by atoms with Crippen molar-refractivity contribution < 1.29 is 4.74 Å². The zero-order valence-electron chi connectivity index (χ0n) is 18.2. The average molecular weight is 454 g/mol. The standard InChI is InChI=1S/C26H23N5OS/c1-32-16-15-28-25-22-21(17-9-4-2-5-10-17)23(18-11-6-3-7-12-18)33-26(22)31-24(30-25)19-13-8-14-20(27)29-19/h2-14H,15-16H2,1H3,(H2,27,29)(H,28,30,31). The fraction of sp³-hybridized carbons (Fsp3) is 0.115. The number of hydrogen-bond donors (Lipinski definition) is 2. The first kappa shape index (κ1) is 21.1. The van der Waals surface area contributed by atoms with Gasteiger partial charge in [0.25, 0.3) is 0 Å². The number of hydrogen-bond acceptors (Lipinski definition) is 7. The number of rotatable bonds is 7. The van der Waals surface area contributed by atoms with Crippen molar-refractivity contribution in [2.45, 2.75) is 0 Å². The Morgan fingerprint density at radius 2 is 1.58 bits per heavy atom. The normalized spacial score (nSPS) is 11.1. The molecule has 0 aliphatic rings. The van der Waals surface area contributed by atoms with E-state index in [1.54, 1.807) is 24.5 Å². The lowest BCUT2D eigenvalue weighted by Gasteiger charge is -2.11. The molecule has 164 valence electrons. The van der Waals surface area contributed by atoms with E-state index in [4.69, 9.17) is 20.4 Å². The van der Waals surface area contributed by atoms with E-state index in [9.17, 15) is 0 Å². The summed E-state index contributed by atoms with van der Waals surface area (Å²) in [5.41, 5.74) is 9.95. The van der Waals surface area contributed by atoms with Gasteiger partial charge in [0.15, 0.2) is 5.82 Å². The van der Waals surface area contributed by atoms with Crippen molar-refractivity contribution in [3.63, 3.8) is 0 Å². The summed E-state index contributed by atoms with van der Waals surface area (Å²) in [5.74, 6) is 1.73. The summed E-state index contributed by atoms with van der Waals surface area (Å²) in [6, 6.07) is 26.3. The molecule has 0 fully saturated rings. The summed E-state index contributed by atoms with van der Waals surface area (Å²) in [6.07, 6.45) is 0. The van der Waals surface area contributed by atoms with Crippen molar-refractivity contribution in [2.75, 3.05) is 31.3 Å². The Bertz CT molecular complexity index is 1390. The Kier molecular flexibility index (Phi) is 5.97. The van der Waals surface area contributed by atoms with Gasteiger partial charge in [-0.25, -0.2) is 15.0 Å². The molecule has 5 aromatic rings. The highest BCUT2D eigenvalue weighted by molar-refractivity contribution is 7.22. The maximum Gasteiger partial charge on any atom is 0.181 e. The van der Waals surface area contributed by atoms with E-state index in [1.165, 1.54) is 0 Å². The molecule has 6 nitrogen and oxygen atoms in total. The molecule has 0 atom stereocenters. The first-order valence-electron chi connectivity index (χ1n) is 10.7. The first-order chi connectivity index (χ1) is 16.2. The van der Waals surface area contributed by atoms with Crippen molar-refractivity contribution in [1.82, 2.24) is 15.0 Å².